The van der Waals surface area contributed by atoms with Gasteiger partial charge in [0.1, 0.15) is 0 Å². The van der Waals surface area contributed by atoms with Crippen LogP contribution in [0.4, 0.5) is 18.9 Å². The molecule has 22 heavy (non-hydrogen) atoms. The first-order valence-electron chi connectivity index (χ1n) is 5.90. The first-order chi connectivity index (χ1) is 10.2. The summed E-state index contributed by atoms with van der Waals surface area (Å²) >= 11 is 3.06. The van der Waals surface area contributed by atoms with Gasteiger partial charge in [0, 0.05) is 4.47 Å². The van der Waals surface area contributed by atoms with Gasteiger partial charge in [-0.2, -0.15) is 13.2 Å². The molecule has 0 bridgehead atoms. The van der Waals surface area contributed by atoms with Crippen LogP contribution in [0, 0.1) is 0 Å². The van der Waals surface area contributed by atoms with E-state index in [2.05, 4.69) is 21.4 Å². The summed E-state index contributed by atoms with van der Waals surface area (Å²) in [4.78, 5) is 2.03. The number of anilines is 1. The van der Waals surface area contributed by atoms with Gasteiger partial charge in [-0.25, -0.2) is 8.42 Å². The van der Waals surface area contributed by atoms with Crippen molar-refractivity contribution in [1.82, 2.24) is 4.83 Å². The second kappa shape index (κ2) is 6.27. The van der Waals surface area contributed by atoms with Crippen LogP contribution in [0.15, 0.2) is 57.9 Å². The average molecular weight is 395 g/mol. The fourth-order valence-corrected chi connectivity index (χ4v) is 2.80. The van der Waals surface area contributed by atoms with Crippen LogP contribution in [-0.4, -0.2) is 8.42 Å². The van der Waals surface area contributed by atoms with E-state index < -0.39 is 21.8 Å². The van der Waals surface area contributed by atoms with Crippen molar-refractivity contribution in [3.05, 3.63) is 58.6 Å². The summed E-state index contributed by atoms with van der Waals surface area (Å²) in [6.07, 6.45) is -4.52. The smallest absolute Gasteiger partial charge is 0.307 e. The highest BCUT2D eigenvalue weighted by atomic mass is 79.9. The molecule has 118 valence electrons. The molecule has 0 unspecified atom stereocenters. The summed E-state index contributed by atoms with van der Waals surface area (Å²) in [6, 6.07) is 10.3. The Kier molecular flexibility index (Phi) is 4.78. The van der Waals surface area contributed by atoms with Gasteiger partial charge in [0.15, 0.2) is 0 Å². The summed E-state index contributed by atoms with van der Waals surface area (Å²) in [5.41, 5.74) is 1.34. The van der Waals surface area contributed by atoms with E-state index in [0.29, 0.717) is 0 Å². The molecule has 0 aliphatic heterocycles. The van der Waals surface area contributed by atoms with Crippen LogP contribution in [0.5, 0.6) is 0 Å². The monoisotopic (exact) mass is 394 g/mol. The quantitative estimate of drug-likeness (QED) is 0.775. The van der Waals surface area contributed by atoms with Crippen molar-refractivity contribution in [3.63, 3.8) is 0 Å². The summed E-state index contributed by atoms with van der Waals surface area (Å²) in [5.74, 6) is 0. The molecule has 0 saturated heterocycles. The Labute approximate surface area is 133 Å². The van der Waals surface area contributed by atoms with Gasteiger partial charge in [-0.05, 0) is 46.3 Å². The maximum Gasteiger partial charge on any atom is 0.416 e. The fourth-order valence-electron chi connectivity index (χ4n) is 1.58. The van der Waals surface area contributed by atoms with E-state index >= 15 is 0 Å². The minimum atomic E-state index is -4.52. The molecule has 9 heteroatoms. The predicted molar refractivity (Wildman–Crippen MR) is 79.5 cm³/mol. The van der Waals surface area contributed by atoms with Crippen molar-refractivity contribution in [2.75, 3.05) is 5.43 Å². The molecule has 4 nitrogen and oxygen atoms in total. The van der Waals surface area contributed by atoms with Crippen LogP contribution < -0.4 is 10.3 Å². The molecular weight excluding hydrogens is 385 g/mol. The molecule has 2 aromatic rings. The summed E-state index contributed by atoms with van der Waals surface area (Å²) < 4.78 is 62.2. The number of rotatable bonds is 4. The van der Waals surface area contributed by atoms with E-state index in [4.69, 9.17) is 0 Å². The Morgan fingerprint density at radius 3 is 2.23 bits per heavy atom. The molecule has 0 saturated carbocycles. The average Bonchev–Trinajstić information content (AvgIpc) is 2.46. The van der Waals surface area contributed by atoms with E-state index in [9.17, 15) is 21.6 Å². The van der Waals surface area contributed by atoms with E-state index in [0.717, 1.165) is 12.1 Å². The van der Waals surface area contributed by atoms with Crippen LogP contribution in [0.2, 0.25) is 0 Å². The number of alkyl halides is 3. The maximum atomic E-state index is 12.7. The molecule has 2 aromatic carbocycles. The lowest BCUT2D eigenvalue weighted by Crippen LogP contribution is -2.29. The second-order valence-electron chi connectivity index (χ2n) is 4.24. The van der Waals surface area contributed by atoms with Crippen molar-refractivity contribution in [3.8, 4) is 0 Å². The topological polar surface area (TPSA) is 58.2 Å². The molecule has 0 aromatic heterocycles. The normalized spacial score (nSPS) is 12.2. The van der Waals surface area contributed by atoms with Gasteiger partial charge in [0.05, 0.1) is 16.1 Å². The lowest BCUT2D eigenvalue weighted by atomic mass is 10.2. The summed E-state index contributed by atoms with van der Waals surface area (Å²) in [5, 5.41) is 0. The van der Waals surface area contributed by atoms with Gasteiger partial charge in [-0.3, -0.25) is 0 Å². The van der Waals surface area contributed by atoms with Crippen molar-refractivity contribution < 1.29 is 21.6 Å². The SMILES string of the molecule is O=S(=O)(NNc1cc(C(F)(F)F)ccc1Br)c1ccccc1. The third kappa shape index (κ3) is 3.99. The van der Waals surface area contributed by atoms with Gasteiger partial charge in [-0.15, -0.1) is 4.83 Å². The third-order valence-corrected chi connectivity index (χ3v) is 4.62. The Balaban J connectivity index is 2.22. The third-order valence-electron chi connectivity index (χ3n) is 2.67. The largest absolute Gasteiger partial charge is 0.416 e. The number of hydrogen-bond acceptors (Lipinski definition) is 3. The standard InChI is InChI=1S/C13H10BrF3N2O2S/c14-11-7-6-9(13(15,16)17)8-12(11)18-19-22(20,21)10-4-2-1-3-5-10/h1-8,18-19H. The highest BCUT2D eigenvalue weighted by Gasteiger charge is 2.31. The molecule has 0 aliphatic carbocycles. The predicted octanol–water partition coefficient (Wildman–Crippen LogP) is 3.77. The molecule has 0 amide bonds. The van der Waals surface area contributed by atoms with Crippen molar-refractivity contribution >= 4 is 31.6 Å². The zero-order chi connectivity index (χ0) is 16.4. The zero-order valence-corrected chi connectivity index (χ0v) is 13.3. The Bertz CT molecular complexity index is 765. The Morgan fingerprint density at radius 2 is 1.64 bits per heavy atom. The first-order valence-corrected chi connectivity index (χ1v) is 8.17. The van der Waals surface area contributed by atoms with E-state index in [1.807, 2.05) is 4.83 Å². The molecule has 2 N–H and O–H groups in total. The molecule has 0 atom stereocenters. The van der Waals surface area contributed by atoms with Crippen LogP contribution in [0.1, 0.15) is 5.56 Å². The van der Waals surface area contributed by atoms with Gasteiger partial charge >= 0.3 is 6.18 Å². The van der Waals surface area contributed by atoms with Crippen molar-refractivity contribution in [2.45, 2.75) is 11.1 Å². The Hall–Kier alpha value is -1.58. The number of sulfonamides is 1. The number of halogens is 4. The van der Waals surface area contributed by atoms with E-state index in [1.54, 1.807) is 6.07 Å². The molecule has 0 aliphatic rings. The van der Waals surface area contributed by atoms with Gasteiger partial charge in [-0.1, -0.05) is 18.2 Å². The molecule has 0 spiro atoms. The fraction of sp³-hybridized carbons (Fsp3) is 0.0769. The van der Waals surface area contributed by atoms with E-state index in [-0.39, 0.29) is 15.1 Å². The lowest BCUT2D eigenvalue weighted by molar-refractivity contribution is -0.137. The van der Waals surface area contributed by atoms with Crippen molar-refractivity contribution in [1.29, 1.82) is 0 Å². The zero-order valence-electron chi connectivity index (χ0n) is 10.9. The highest BCUT2D eigenvalue weighted by Crippen LogP contribution is 2.33. The van der Waals surface area contributed by atoms with Crippen molar-refractivity contribution in [2.24, 2.45) is 0 Å². The molecule has 0 fully saturated rings. The number of hydrogen-bond donors (Lipinski definition) is 2. The summed E-state index contributed by atoms with van der Waals surface area (Å²) in [7, 11) is -3.89. The van der Waals surface area contributed by atoms with Gasteiger partial charge in [0.2, 0.25) is 0 Å². The minimum absolute atomic E-state index is 0.00871. The van der Waals surface area contributed by atoms with Crippen LogP contribution >= 0.6 is 15.9 Å². The number of nitrogens with one attached hydrogen (secondary N) is 2. The number of hydrazine groups is 1. The van der Waals surface area contributed by atoms with Crippen LogP contribution in [-0.2, 0) is 16.2 Å². The van der Waals surface area contributed by atoms with Gasteiger partial charge < -0.3 is 5.43 Å². The minimum Gasteiger partial charge on any atom is -0.307 e. The van der Waals surface area contributed by atoms with Crippen LogP contribution in [0.25, 0.3) is 0 Å². The van der Waals surface area contributed by atoms with Crippen LogP contribution in [0.3, 0.4) is 0 Å². The lowest BCUT2D eigenvalue weighted by Gasteiger charge is -2.13. The maximum absolute atomic E-state index is 12.7. The number of benzene rings is 2. The molecular formula is C13H10BrF3N2O2S. The molecule has 2 rings (SSSR count). The van der Waals surface area contributed by atoms with E-state index in [1.165, 1.54) is 30.3 Å². The molecule has 0 radical (unpaired) electrons. The Morgan fingerprint density at radius 1 is 1.00 bits per heavy atom. The second-order valence-corrected chi connectivity index (χ2v) is 6.77. The summed E-state index contributed by atoms with van der Waals surface area (Å²) in [6.45, 7) is 0. The first kappa shape index (κ1) is 16.8. The highest BCUT2D eigenvalue weighted by molar-refractivity contribution is 9.10. The molecule has 0 heterocycles. The van der Waals surface area contributed by atoms with Gasteiger partial charge in [0.25, 0.3) is 10.0 Å².